The number of benzene rings is 1. The summed E-state index contributed by atoms with van der Waals surface area (Å²) in [6.45, 7) is 2.95. The fraction of sp³-hybridized carbons (Fsp3) is 0.333. The molecule has 2 N–H and O–H groups in total. The third kappa shape index (κ3) is 4.46. The highest BCUT2D eigenvalue weighted by Gasteiger charge is 2.13. The van der Waals surface area contributed by atoms with Crippen molar-refractivity contribution >= 4 is 33.5 Å². The van der Waals surface area contributed by atoms with Crippen molar-refractivity contribution in [1.82, 2.24) is 0 Å². The number of ether oxygens (including phenoxy) is 1. The van der Waals surface area contributed by atoms with Crippen LogP contribution in [0.5, 0.6) is 0 Å². The van der Waals surface area contributed by atoms with Gasteiger partial charge in [0.25, 0.3) is 0 Å². The maximum atomic E-state index is 11.5. The molecule has 1 aromatic rings. The minimum Gasteiger partial charge on any atom is -0.479 e. The van der Waals surface area contributed by atoms with E-state index in [1.165, 1.54) is 6.92 Å². The Labute approximate surface area is 113 Å². The van der Waals surface area contributed by atoms with Gasteiger partial charge in [0.15, 0.2) is 6.10 Å². The number of hydrogen-bond acceptors (Lipinski definition) is 3. The van der Waals surface area contributed by atoms with Crippen molar-refractivity contribution in [3.63, 3.8) is 0 Å². The summed E-state index contributed by atoms with van der Waals surface area (Å²) < 4.78 is 5.80. The molecule has 0 saturated heterocycles. The van der Waals surface area contributed by atoms with Gasteiger partial charge < -0.3 is 15.2 Å². The molecule has 0 aromatic heterocycles. The first kappa shape index (κ1) is 14.7. The van der Waals surface area contributed by atoms with Gasteiger partial charge in [-0.1, -0.05) is 15.9 Å². The zero-order valence-corrected chi connectivity index (χ0v) is 11.7. The molecule has 1 rings (SSSR count). The normalized spacial score (nSPS) is 11.9. The minimum atomic E-state index is -1.09. The summed E-state index contributed by atoms with van der Waals surface area (Å²) >= 11 is 3.33. The summed E-state index contributed by atoms with van der Waals surface area (Å²) in [5.41, 5.74) is 1.58. The highest BCUT2D eigenvalue weighted by molar-refractivity contribution is 9.10. The number of nitrogens with one attached hydrogen (secondary N) is 1. The van der Waals surface area contributed by atoms with Crippen molar-refractivity contribution in [2.75, 3.05) is 11.9 Å². The van der Waals surface area contributed by atoms with E-state index in [-0.39, 0.29) is 12.5 Å². The molecule has 0 saturated carbocycles. The summed E-state index contributed by atoms with van der Waals surface area (Å²) in [6, 6.07) is 5.44. The predicted molar refractivity (Wildman–Crippen MR) is 70.6 cm³/mol. The van der Waals surface area contributed by atoms with E-state index in [0.717, 1.165) is 10.0 Å². The van der Waals surface area contributed by atoms with Crippen molar-refractivity contribution in [3.05, 3.63) is 28.2 Å². The second-order valence-corrected chi connectivity index (χ2v) is 4.71. The Morgan fingerprint density at radius 2 is 2.17 bits per heavy atom. The molecule has 6 heteroatoms. The van der Waals surface area contributed by atoms with Crippen molar-refractivity contribution < 1.29 is 19.4 Å². The van der Waals surface area contributed by atoms with Gasteiger partial charge in [0.2, 0.25) is 5.91 Å². The largest absolute Gasteiger partial charge is 0.479 e. The van der Waals surface area contributed by atoms with E-state index in [2.05, 4.69) is 21.2 Å². The second-order valence-electron chi connectivity index (χ2n) is 3.80. The molecule has 18 heavy (non-hydrogen) atoms. The second kappa shape index (κ2) is 6.51. The summed E-state index contributed by atoms with van der Waals surface area (Å²) in [4.78, 5) is 22.0. The number of aryl methyl sites for hydroxylation is 1. The predicted octanol–water partition coefficient (Wildman–Crippen LogP) is 2.19. The summed E-state index contributed by atoms with van der Waals surface area (Å²) in [7, 11) is 0. The number of hydrogen-bond donors (Lipinski definition) is 2. The first-order valence-corrected chi connectivity index (χ1v) is 6.10. The quantitative estimate of drug-likeness (QED) is 0.873. The smallest absolute Gasteiger partial charge is 0.332 e. The lowest BCUT2D eigenvalue weighted by molar-refractivity contribution is -0.150. The number of rotatable bonds is 5. The number of carbonyl (C=O) groups excluding carboxylic acids is 1. The van der Waals surface area contributed by atoms with Crippen LogP contribution in [0.4, 0.5) is 5.69 Å². The van der Waals surface area contributed by atoms with Gasteiger partial charge in [0.1, 0.15) is 6.61 Å². The summed E-state index contributed by atoms with van der Waals surface area (Å²) in [6.07, 6.45) is -0.998. The molecule has 1 aromatic carbocycles. The van der Waals surface area contributed by atoms with Crippen LogP contribution in [0, 0.1) is 6.92 Å². The Kier molecular flexibility index (Phi) is 5.30. The summed E-state index contributed by atoms with van der Waals surface area (Å²) in [5, 5.41) is 11.3. The van der Waals surface area contributed by atoms with Crippen LogP contribution in [0.15, 0.2) is 22.7 Å². The first-order chi connectivity index (χ1) is 8.40. The fourth-order valence-corrected chi connectivity index (χ4v) is 1.70. The number of halogens is 1. The van der Waals surface area contributed by atoms with Gasteiger partial charge in [-0.2, -0.15) is 0 Å². The van der Waals surface area contributed by atoms with Crippen molar-refractivity contribution in [2.45, 2.75) is 20.0 Å². The third-order valence-corrected chi connectivity index (χ3v) is 2.77. The molecule has 0 fully saturated rings. The maximum Gasteiger partial charge on any atom is 0.332 e. The maximum absolute atomic E-state index is 11.5. The number of carboxylic acids is 1. The Hall–Kier alpha value is -1.40. The Morgan fingerprint density at radius 3 is 2.72 bits per heavy atom. The number of amides is 1. The molecule has 1 atom stereocenters. The SMILES string of the molecule is Cc1cc(Br)ccc1NC(=O)CO[C@@H](C)C(=O)O. The van der Waals surface area contributed by atoms with Gasteiger partial charge in [0.05, 0.1) is 0 Å². The Bertz CT molecular complexity index is 461. The number of aliphatic carboxylic acids is 1. The van der Waals surface area contributed by atoms with Crippen LogP contribution in [0.2, 0.25) is 0 Å². The van der Waals surface area contributed by atoms with Gasteiger partial charge in [-0.05, 0) is 37.6 Å². The van der Waals surface area contributed by atoms with E-state index in [1.54, 1.807) is 6.07 Å². The van der Waals surface area contributed by atoms with Crippen LogP contribution in [-0.2, 0) is 14.3 Å². The average molecular weight is 316 g/mol. The molecule has 1 amide bonds. The molecule has 5 nitrogen and oxygen atoms in total. The van der Waals surface area contributed by atoms with Crippen LogP contribution in [0.25, 0.3) is 0 Å². The molecule has 0 aliphatic rings. The Balaban J connectivity index is 2.52. The highest BCUT2D eigenvalue weighted by Crippen LogP contribution is 2.19. The van der Waals surface area contributed by atoms with Crippen LogP contribution in [0.3, 0.4) is 0 Å². The molecule has 0 heterocycles. The molecular weight excluding hydrogens is 302 g/mol. The van der Waals surface area contributed by atoms with E-state index in [1.807, 2.05) is 19.1 Å². The van der Waals surface area contributed by atoms with Crippen LogP contribution in [-0.4, -0.2) is 29.7 Å². The van der Waals surface area contributed by atoms with Gasteiger partial charge in [0, 0.05) is 10.2 Å². The van der Waals surface area contributed by atoms with Gasteiger partial charge in [-0.15, -0.1) is 0 Å². The van der Waals surface area contributed by atoms with Crippen molar-refractivity contribution in [2.24, 2.45) is 0 Å². The number of anilines is 1. The lowest BCUT2D eigenvalue weighted by Gasteiger charge is -2.10. The molecule has 0 aliphatic carbocycles. The standard InChI is InChI=1S/C12H14BrNO4/c1-7-5-9(13)3-4-10(7)14-11(15)6-18-8(2)12(16)17/h3-5,8H,6H2,1-2H3,(H,14,15)(H,16,17)/t8-/m0/s1. The molecule has 0 bridgehead atoms. The molecule has 0 aliphatic heterocycles. The number of carbonyl (C=O) groups is 2. The Morgan fingerprint density at radius 1 is 1.50 bits per heavy atom. The molecule has 0 radical (unpaired) electrons. The molecule has 0 unspecified atom stereocenters. The molecular formula is C12H14BrNO4. The fourth-order valence-electron chi connectivity index (χ4n) is 1.23. The third-order valence-electron chi connectivity index (χ3n) is 2.27. The minimum absolute atomic E-state index is 0.289. The zero-order valence-electron chi connectivity index (χ0n) is 10.1. The van der Waals surface area contributed by atoms with Crippen LogP contribution in [0.1, 0.15) is 12.5 Å². The monoisotopic (exact) mass is 315 g/mol. The van der Waals surface area contributed by atoms with E-state index in [0.29, 0.717) is 5.69 Å². The lowest BCUT2D eigenvalue weighted by Crippen LogP contribution is -2.26. The van der Waals surface area contributed by atoms with Gasteiger partial charge in [-0.3, -0.25) is 4.79 Å². The van der Waals surface area contributed by atoms with Gasteiger partial charge in [-0.25, -0.2) is 4.79 Å². The first-order valence-electron chi connectivity index (χ1n) is 5.30. The van der Waals surface area contributed by atoms with E-state index in [9.17, 15) is 9.59 Å². The van der Waals surface area contributed by atoms with Crippen molar-refractivity contribution in [1.29, 1.82) is 0 Å². The van der Waals surface area contributed by atoms with Crippen molar-refractivity contribution in [3.8, 4) is 0 Å². The topological polar surface area (TPSA) is 75.6 Å². The van der Waals surface area contributed by atoms with E-state index >= 15 is 0 Å². The summed E-state index contributed by atoms with van der Waals surface area (Å²) in [5.74, 6) is -1.48. The van der Waals surface area contributed by atoms with Crippen LogP contribution < -0.4 is 5.32 Å². The zero-order chi connectivity index (χ0) is 13.7. The van der Waals surface area contributed by atoms with Crippen LogP contribution >= 0.6 is 15.9 Å². The number of carboxylic acid groups (broad SMARTS) is 1. The molecule has 0 spiro atoms. The van der Waals surface area contributed by atoms with E-state index in [4.69, 9.17) is 9.84 Å². The van der Waals surface area contributed by atoms with E-state index < -0.39 is 12.1 Å². The highest BCUT2D eigenvalue weighted by atomic mass is 79.9. The molecule has 98 valence electrons. The average Bonchev–Trinajstić information content (AvgIpc) is 2.29. The van der Waals surface area contributed by atoms with Gasteiger partial charge >= 0.3 is 5.97 Å². The lowest BCUT2D eigenvalue weighted by atomic mass is 10.2.